The Hall–Kier alpha value is -0.423. The first kappa shape index (κ1) is 16.9. The molecule has 0 saturated carbocycles. The highest BCUT2D eigenvalue weighted by Gasteiger charge is 2.24. The molecule has 0 aliphatic carbocycles. The molecule has 1 nitrogen and oxygen atoms in total. The highest BCUT2D eigenvalue weighted by molar-refractivity contribution is 9.13. The van der Waals surface area contributed by atoms with E-state index in [9.17, 15) is 0 Å². The van der Waals surface area contributed by atoms with E-state index in [1.54, 1.807) is 7.11 Å². The maximum atomic E-state index is 5.76. The summed E-state index contributed by atoms with van der Waals surface area (Å²) < 4.78 is 8.03. The zero-order chi connectivity index (χ0) is 15.6. The van der Waals surface area contributed by atoms with Crippen molar-refractivity contribution in [1.82, 2.24) is 0 Å². The predicted octanol–water partition coefficient (Wildman–Crippen LogP) is 5.49. The molecule has 112 valence electrons. The maximum absolute atomic E-state index is 5.76. The molecule has 0 aromatic heterocycles. The second-order valence-corrected chi connectivity index (χ2v) is 12.8. The van der Waals surface area contributed by atoms with E-state index >= 15 is 0 Å². The van der Waals surface area contributed by atoms with Gasteiger partial charge in [-0.05, 0) is 54.2 Å². The molecular weight excluding hydrogens is 408 g/mol. The summed E-state index contributed by atoms with van der Waals surface area (Å²) in [5.74, 6) is 0. The lowest BCUT2D eigenvalue weighted by Gasteiger charge is -2.24. The van der Waals surface area contributed by atoms with Crippen LogP contribution in [0.25, 0.3) is 0 Å². The van der Waals surface area contributed by atoms with Crippen LogP contribution < -0.4 is 5.19 Å². The molecule has 0 spiro atoms. The van der Waals surface area contributed by atoms with E-state index < -0.39 is 8.07 Å². The lowest BCUT2D eigenvalue weighted by Crippen LogP contribution is -2.39. The molecule has 2 aromatic carbocycles. The normalized spacial score (nSPS) is 13.2. The number of hydrogen-bond donors (Lipinski definition) is 0. The van der Waals surface area contributed by atoms with Crippen molar-refractivity contribution in [2.24, 2.45) is 0 Å². The Morgan fingerprint density at radius 1 is 0.952 bits per heavy atom. The topological polar surface area (TPSA) is 9.23 Å². The first-order valence-electron chi connectivity index (χ1n) is 6.91. The number of benzene rings is 2. The summed E-state index contributed by atoms with van der Waals surface area (Å²) in [7, 11) is 0.333. The van der Waals surface area contributed by atoms with Crippen molar-refractivity contribution in [3.05, 3.63) is 62.5 Å². The summed E-state index contributed by atoms with van der Waals surface area (Å²) in [6, 6.07) is 14.8. The monoisotopic (exact) mass is 426 g/mol. The first-order valence-corrected chi connectivity index (χ1v) is 12.0. The van der Waals surface area contributed by atoms with Crippen LogP contribution in [0.15, 0.2) is 51.4 Å². The minimum atomic E-state index is -1.43. The van der Waals surface area contributed by atoms with Gasteiger partial charge in [-0.1, -0.05) is 56.0 Å². The van der Waals surface area contributed by atoms with Crippen molar-refractivity contribution in [3.8, 4) is 0 Å². The van der Waals surface area contributed by atoms with Crippen molar-refractivity contribution in [2.45, 2.75) is 25.7 Å². The van der Waals surface area contributed by atoms with E-state index in [1.807, 2.05) is 6.07 Å². The summed E-state index contributed by atoms with van der Waals surface area (Å²) in [5.41, 5.74) is 2.37. The molecule has 0 fully saturated rings. The standard InChI is InChI=1S/C17H20Br2OSi/c1-20-17(12-8-6-5-7-9-12)13-10-14(18)16(19)15(11-13)21(2,3)4/h5-11,17H,1-4H3. The number of ether oxygens (including phenoxy) is 1. The van der Waals surface area contributed by atoms with Gasteiger partial charge in [0.25, 0.3) is 0 Å². The fourth-order valence-corrected chi connectivity index (χ4v) is 6.47. The molecule has 0 N–H and O–H groups in total. The largest absolute Gasteiger partial charge is 0.372 e. The van der Waals surface area contributed by atoms with Gasteiger partial charge in [-0.3, -0.25) is 0 Å². The molecule has 0 bridgehead atoms. The molecule has 0 aliphatic heterocycles. The molecule has 2 aromatic rings. The minimum Gasteiger partial charge on any atom is -0.372 e. The highest BCUT2D eigenvalue weighted by Crippen LogP contribution is 2.31. The van der Waals surface area contributed by atoms with Crippen LogP contribution in [0.1, 0.15) is 17.2 Å². The third kappa shape index (κ3) is 3.86. The van der Waals surface area contributed by atoms with Crippen LogP contribution in [0.5, 0.6) is 0 Å². The molecule has 21 heavy (non-hydrogen) atoms. The van der Waals surface area contributed by atoms with Crippen LogP contribution in [0.2, 0.25) is 19.6 Å². The Bertz CT molecular complexity index is 621. The highest BCUT2D eigenvalue weighted by atomic mass is 79.9. The zero-order valence-electron chi connectivity index (χ0n) is 12.8. The second kappa shape index (κ2) is 6.78. The fourth-order valence-electron chi connectivity index (χ4n) is 2.40. The van der Waals surface area contributed by atoms with Crippen LogP contribution in [0.3, 0.4) is 0 Å². The minimum absolute atomic E-state index is 0.0364. The van der Waals surface area contributed by atoms with Crippen LogP contribution in [0.4, 0.5) is 0 Å². The summed E-state index contributed by atoms with van der Waals surface area (Å²) >= 11 is 7.40. The molecule has 0 heterocycles. The number of rotatable bonds is 4. The first-order chi connectivity index (χ1) is 9.84. The Labute approximate surface area is 145 Å². The zero-order valence-corrected chi connectivity index (χ0v) is 17.0. The van der Waals surface area contributed by atoms with Crippen LogP contribution in [-0.4, -0.2) is 15.2 Å². The molecule has 0 aliphatic rings. The molecule has 4 heteroatoms. The number of halogens is 2. The van der Waals surface area contributed by atoms with Gasteiger partial charge in [0.2, 0.25) is 0 Å². The van der Waals surface area contributed by atoms with Crippen molar-refractivity contribution in [2.75, 3.05) is 7.11 Å². The third-order valence-electron chi connectivity index (χ3n) is 3.50. The van der Waals surface area contributed by atoms with Gasteiger partial charge in [0.05, 0.1) is 8.07 Å². The number of hydrogen-bond acceptors (Lipinski definition) is 1. The second-order valence-electron chi connectivity index (χ2n) is 6.14. The van der Waals surface area contributed by atoms with Crippen LogP contribution in [-0.2, 0) is 4.74 Å². The average molecular weight is 428 g/mol. The third-order valence-corrected chi connectivity index (χ3v) is 7.89. The number of methoxy groups -OCH3 is 1. The van der Waals surface area contributed by atoms with Gasteiger partial charge in [-0.25, -0.2) is 0 Å². The predicted molar refractivity (Wildman–Crippen MR) is 100 cm³/mol. The lowest BCUT2D eigenvalue weighted by atomic mass is 10.0. The van der Waals surface area contributed by atoms with E-state index in [0.29, 0.717) is 0 Å². The SMILES string of the molecule is COC(c1ccccc1)c1cc(Br)c(Br)c([Si](C)(C)C)c1. The molecular formula is C17H20Br2OSi. The van der Waals surface area contributed by atoms with Crippen molar-refractivity contribution in [3.63, 3.8) is 0 Å². The van der Waals surface area contributed by atoms with Crippen molar-refractivity contribution < 1.29 is 4.74 Å². The van der Waals surface area contributed by atoms with Crippen molar-refractivity contribution >= 4 is 45.1 Å². The quantitative estimate of drug-likeness (QED) is 0.586. The molecule has 0 amide bonds. The summed E-state index contributed by atoms with van der Waals surface area (Å²) in [6.07, 6.45) is -0.0364. The average Bonchev–Trinajstić information content (AvgIpc) is 2.43. The van der Waals surface area contributed by atoms with E-state index in [-0.39, 0.29) is 6.10 Å². The van der Waals surface area contributed by atoms with Gasteiger partial charge in [0.15, 0.2) is 0 Å². The van der Waals surface area contributed by atoms with Gasteiger partial charge in [0, 0.05) is 16.1 Å². The molecule has 0 saturated heterocycles. The smallest absolute Gasteiger partial charge is 0.107 e. The van der Waals surface area contributed by atoms with Gasteiger partial charge in [0.1, 0.15) is 6.10 Å². The Kier molecular flexibility index (Phi) is 5.47. The van der Waals surface area contributed by atoms with Gasteiger partial charge < -0.3 is 4.74 Å². The van der Waals surface area contributed by atoms with Crippen LogP contribution in [0, 0.1) is 0 Å². The van der Waals surface area contributed by atoms with E-state index in [1.165, 1.54) is 20.8 Å². The maximum Gasteiger partial charge on any atom is 0.107 e. The Morgan fingerprint density at radius 2 is 1.57 bits per heavy atom. The summed E-state index contributed by atoms with van der Waals surface area (Å²) in [4.78, 5) is 0. The Morgan fingerprint density at radius 3 is 2.10 bits per heavy atom. The van der Waals surface area contributed by atoms with E-state index in [0.717, 1.165) is 4.47 Å². The lowest BCUT2D eigenvalue weighted by molar-refractivity contribution is 0.136. The van der Waals surface area contributed by atoms with E-state index in [4.69, 9.17) is 4.74 Å². The van der Waals surface area contributed by atoms with Crippen LogP contribution >= 0.6 is 31.9 Å². The molecule has 1 unspecified atom stereocenters. The molecule has 0 radical (unpaired) electrons. The Balaban J connectivity index is 2.56. The molecule has 2 rings (SSSR count). The fraction of sp³-hybridized carbons (Fsp3) is 0.294. The molecule has 1 atom stereocenters. The summed E-state index contributed by atoms with van der Waals surface area (Å²) in [6.45, 7) is 7.06. The van der Waals surface area contributed by atoms with Crippen molar-refractivity contribution in [1.29, 1.82) is 0 Å². The summed E-state index contributed by atoms with van der Waals surface area (Å²) in [5, 5.41) is 1.41. The van der Waals surface area contributed by atoms with Gasteiger partial charge >= 0.3 is 0 Å². The van der Waals surface area contributed by atoms with Gasteiger partial charge in [-0.2, -0.15) is 0 Å². The van der Waals surface area contributed by atoms with E-state index in [2.05, 4.69) is 87.9 Å². The van der Waals surface area contributed by atoms with Gasteiger partial charge in [-0.15, -0.1) is 0 Å².